The van der Waals surface area contributed by atoms with E-state index in [-0.39, 0.29) is 22.4 Å². The number of aldehydes is 2. The molecule has 58 heavy (non-hydrogen) atoms. The van der Waals surface area contributed by atoms with Crippen LogP contribution in [0.3, 0.4) is 0 Å². The largest absolute Gasteiger partial charge is 0.495 e. The average Bonchev–Trinajstić information content (AvgIpc) is 3.62. The van der Waals surface area contributed by atoms with E-state index in [2.05, 4.69) is 15.9 Å². The van der Waals surface area contributed by atoms with Gasteiger partial charge >= 0.3 is 21.1 Å². The summed E-state index contributed by atoms with van der Waals surface area (Å²) >= 11 is 3.31. The molecule has 0 radical (unpaired) electrons. The van der Waals surface area contributed by atoms with Crippen LogP contribution in [-0.4, -0.2) is 67.3 Å². The molecule has 0 aliphatic carbocycles. The van der Waals surface area contributed by atoms with Gasteiger partial charge in [0.15, 0.2) is 6.29 Å². The van der Waals surface area contributed by atoms with Crippen molar-refractivity contribution in [2.45, 2.75) is 117 Å². The molecule has 3 saturated heterocycles. The molecule has 0 bridgehead atoms. The van der Waals surface area contributed by atoms with Crippen molar-refractivity contribution in [3.8, 4) is 23.0 Å². The van der Waals surface area contributed by atoms with Crippen LogP contribution >= 0.6 is 15.9 Å². The molecular weight excluding hydrogens is 801 g/mol. The second-order valence-corrected chi connectivity index (χ2v) is 18.2. The van der Waals surface area contributed by atoms with Gasteiger partial charge in [-0.2, -0.15) is 0 Å². The molecule has 4 aromatic rings. The van der Waals surface area contributed by atoms with Crippen LogP contribution in [0.25, 0.3) is 0 Å². The van der Waals surface area contributed by atoms with Crippen LogP contribution in [0.4, 0.5) is 0 Å². The highest BCUT2D eigenvalue weighted by Crippen LogP contribution is 2.43. The Morgan fingerprint density at radius 3 is 1.16 bits per heavy atom. The molecule has 0 saturated carbocycles. The highest BCUT2D eigenvalue weighted by molar-refractivity contribution is 9.10. The van der Waals surface area contributed by atoms with Gasteiger partial charge in [0.2, 0.25) is 0 Å². The Balaban J connectivity index is 0.000000170. The molecule has 0 spiro atoms. The van der Waals surface area contributed by atoms with Gasteiger partial charge in [-0.05, 0) is 165 Å². The molecule has 3 aliphatic rings. The summed E-state index contributed by atoms with van der Waals surface area (Å²) in [7, 11) is -1.55. The van der Waals surface area contributed by atoms with Gasteiger partial charge in [-0.15, -0.1) is 0 Å². The normalized spacial score (nSPS) is 20.3. The van der Waals surface area contributed by atoms with Gasteiger partial charge in [-0.1, -0.05) is 36.4 Å². The van der Waals surface area contributed by atoms with Crippen LogP contribution < -0.4 is 14.9 Å². The first-order chi connectivity index (χ1) is 27.0. The van der Waals surface area contributed by atoms with Crippen LogP contribution in [0.15, 0.2) is 102 Å². The van der Waals surface area contributed by atoms with Crippen molar-refractivity contribution in [1.29, 1.82) is 0 Å². The van der Waals surface area contributed by atoms with Gasteiger partial charge in [-0.3, -0.25) is 9.59 Å². The third-order valence-corrected chi connectivity index (χ3v) is 12.2. The van der Waals surface area contributed by atoms with Crippen LogP contribution in [-0.2, 0) is 27.9 Å². The lowest BCUT2D eigenvalue weighted by Crippen LogP contribution is -2.41. The van der Waals surface area contributed by atoms with E-state index < -0.39 is 32.3 Å². The lowest BCUT2D eigenvalue weighted by molar-refractivity contribution is 0.00578. The zero-order chi connectivity index (χ0) is 42.7. The molecule has 0 amide bonds. The third kappa shape index (κ3) is 10.3. The number of carbonyl (C=O) groups is 2. The first-order valence-corrected chi connectivity index (χ1v) is 20.2. The molecule has 306 valence electrons. The minimum atomic E-state index is -0.602. The fourth-order valence-corrected chi connectivity index (χ4v) is 6.26. The quantitative estimate of drug-likeness (QED) is 0.126. The van der Waals surface area contributed by atoms with Crippen molar-refractivity contribution < 1.29 is 47.0 Å². The Morgan fingerprint density at radius 2 is 0.793 bits per heavy atom. The lowest BCUT2D eigenvalue weighted by atomic mass is 9.49. The molecular formula is C44H54B3BrO10. The Morgan fingerprint density at radius 1 is 0.448 bits per heavy atom. The summed E-state index contributed by atoms with van der Waals surface area (Å²) in [6.07, 6.45) is 1.61. The number of hydrogen-bond donors (Lipinski definition) is 0. The topological polar surface area (TPSA) is 108 Å². The Bertz CT molecular complexity index is 1960. The molecule has 0 N–H and O–H groups in total. The van der Waals surface area contributed by atoms with E-state index >= 15 is 0 Å². The predicted molar refractivity (Wildman–Crippen MR) is 232 cm³/mol. The zero-order valence-corrected chi connectivity index (χ0v) is 37.2. The van der Waals surface area contributed by atoms with Gasteiger partial charge in [0.1, 0.15) is 29.3 Å². The van der Waals surface area contributed by atoms with Gasteiger partial charge in [0, 0.05) is 15.6 Å². The standard InChI is InChI=1S/C19H21BO4.C13H9BrO2.C12H24B2O4/c1-18(2)19(3,4)24-20(23-18)17-12-16(11-10-14(17)13-21)22-15-8-6-5-7-9-15;14-13-8-12(7-6-10(13)9-15)16-11-4-2-1-3-5-11;1-9(2)10(3,4)16-13(15-9)14-17-11(5,6)12(7,8)18-14/h5-13H,1-4H3;1-9H;1-8H3. The summed E-state index contributed by atoms with van der Waals surface area (Å²) in [5, 5.41) is 0. The molecule has 0 atom stereocenters. The Labute approximate surface area is 353 Å². The summed E-state index contributed by atoms with van der Waals surface area (Å²) < 4.78 is 48.2. The van der Waals surface area contributed by atoms with Gasteiger partial charge in [0.05, 0.1) is 33.6 Å². The number of carbonyl (C=O) groups excluding carboxylic acids is 2. The number of rotatable bonds is 8. The third-order valence-electron chi connectivity index (χ3n) is 11.5. The van der Waals surface area contributed by atoms with E-state index in [1.165, 1.54) is 0 Å². The molecule has 0 aromatic heterocycles. The molecule has 14 heteroatoms. The van der Waals surface area contributed by atoms with Crippen molar-refractivity contribution in [2.75, 3.05) is 0 Å². The number of ether oxygens (including phenoxy) is 2. The fraction of sp³-hybridized carbons (Fsp3) is 0.409. The first kappa shape index (κ1) is 45.3. The van der Waals surface area contributed by atoms with Gasteiger partial charge in [0.25, 0.3) is 0 Å². The number of para-hydroxylation sites is 2. The highest BCUT2D eigenvalue weighted by atomic mass is 79.9. The monoisotopic (exact) mass is 854 g/mol. The minimum absolute atomic E-state index is 0.360. The van der Waals surface area contributed by atoms with Crippen LogP contribution in [0.1, 0.15) is 104 Å². The van der Waals surface area contributed by atoms with Gasteiger partial charge in [-0.25, -0.2) is 0 Å². The lowest BCUT2D eigenvalue weighted by Gasteiger charge is -2.32. The Hall–Kier alpha value is -3.75. The second-order valence-electron chi connectivity index (χ2n) is 17.4. The molecule has 3 heterocycles. The van der Waals surface area contributed by atoms with E-state index in [1.807, 2.05) is 144 Å². The average molecular weight is 855 g/mol. The second kappa shape index (κ2) is 17.5. The van der Waals surface area contributed by atoms with Crippen LogP contribution in [0.5, 0.6) is 23.0 Å². The highest BCUT2D eigenvalue weighted by Gasteiger charge is 2.63. The van der Waals surface area contributed by atoms with E-state index in [4.69, 9.17) is 37.4 Å². The van der Waals surface area contributed by atoms with Gasteiger partial charge < -0.3 is 37.4 Å². The number of halogens is 1. The predicted octanol–water partition coefficient (Wildman–Crippen LogP) is 9.89. The molecule has 10 nitrogen and oxygen atoms in total. The zero-order valence-electron chi connectivity index (χ0n) is 35.6. The van der Waals surface area contributed by atoms with E-state index in [9.17, 15) is 9.59 Å². The minimum Gasteiger partial charge on any atom is -0.457 e. The number of benzene rings is 4. The molecule has 7 rings (SSSR count). The summed E-state index contributed by atoms with van der Waals surface area (Å²) in [5.41, 5.74) is -0.542. The van der Waals surface area contributed by atoms with Crippen molar-refractivity contribution in [3.05, 3.63) is 113 Å². The maximum absolute atomic E-state index is 11.4. The van der Waals surface area contributed by atoms with Crippen molar-refractivity contribution >= 4 is 55.1 Å². The fourth-order valence-electron chi connectivity index (χ4n) is 5.81. The van der Waals surface area contributed by atoms with E-state index in [0.29, 0.717) is 28.1 Å². The van der Waals surface area contributed by atoms with Crippen molar-refractivity contribution in [1.82, 2.24) is 0 Å². The Kier molecular flexibility index (Phi) is 13.7. The smallest absolute Gasteiger partial charge is 0.457 e. The van der Waals surface area contributed by atoms with Crippen molar-refractivity contribution in [3.63, 3.8) is 0 Å². The summed E-state index contributed by atoms with van der Waals surface area (Å²) in [5.74, 6) is 2.84. The van der Waals surface area contributed by atoms with E-state index in [0.717, 1.165) is 28.5 Å². The van der Waals surface area contributed by atoms with Crippen LogP contribution in [0.2, 0.25) is 0 Å². The molecule has 3 fully saturated rings. The summed E-state index contributed by atoms with van der Waals surface area (Å²) in [6, 6.07) is 29.6. The molecule has 3 aliphatic heterocycles. The van der Waals surface area contributed by atoms with Crippen LogP contribution in [0, 0.1) is 0 Å². The molecule has 4 aromatic carbocycles. The number of hydrogen-bond acceptors (Lipinski definition) is 10. The maximum atomic E-state index is 11.4. The molecule has 0 unspecified atom stereocenters. The van der Waals surface area contributed by atoms with Crippen molar-refractivity contribution in [2.24, 2.45) is 0 Å². The first-order valence-electron chi connectivity index (χ1n) is 19.4. The summed E-state index contributed by atoms with van der Waals surface area (Å²) in [6.45, 7) is 24.1. The maximum Gasteiger partial charge on any atom is 0.495 e. The SMILES string of the molecule is CC1(C)OB(B2OC(C)(C)C(C)(C)O2)OC1(C)C.CC1(C)OB(c2cc(Oc3ccccc3)ccc2C=O)OC1(C)C.O=Cc1ccc(Oc2ccccc2)cc1Br. The summed E-state index contributed by atoms with van der Waals surface area (Å²) in [4.78, 5) is 22.1. The van der Waals surface area contributed by atoms with E-state index in [1.54, 1.807) is 36.4 Å².